The van der Waals surface area contributed by atoms with Crippen molar-refractivity contribution < 1.29 is 19.4 Å². The Bertz CT molecular complexity index is 706. The highest BCUT2D eigenvalue weighted by molar-refractivity contribution is 5.86. The molecule has 1 saturated heterocycles. The molecule has 0 radical (unpaired) electrons. The van der Waals surface area contributed by atoms with Crippen LogP contribution in [0.15, 0.2) is 24.3 Å². The lowest BCUT2D eigenvalue weighted by atomic mass is 9.58. The molecule has 2 atom stereocenters. The van der Waals surface area contributed by atoms with Gasteiger partial charge in [0.25, 0.3) is 0 Å². The normalized spacial score (nSPS) is 30.3. The first-order valence-corrected chi connectivity index (χ1v) is 9.99. The molecule has 1 amide bonds. The second-order valence-corrected chi connectivity index (χ2v) is 8.08. The largest absolute Gasteiger partial charge is 0.497 e. The highest BCUT2D eigenvalue weighted by Gasteiger charge is 2.51. The van der Waals surface area contributed by atoms with Gasteiger partial charge in [-0.3, -0.25) is 9.59 Å². The molecule has 6 nitrogen and oxygen atoms in total. The van der Waals surface area contributed by atoms with Crippen LogP contribution in [-0.4, -0.2) is 55.2 Å². The number of ether oxygens (including phenoxy) is 1. The van der Waals surface area contributed by atoms with E-state index in [-0.39, 0.29) is 23.7 Å². The smallest absolute Gasteiger partial charge is 0.307 e. The second kappa shape index (κ2) is 7.41. The van der Waals surface area contributed by atoms with E-state index >= 15 is 0 Å². The fraction of sp³-hybridized carbons (Fsp3) is 0.619. The van der Waals surface area contributed by atoms with E-state index < -0.39 is 11.9 Å². The van der Waals surface area contributed by atoms with Crippen LogP contribution in [0.3, 0.4) is 0 Å². The summed E-state index contributed by atoms with van der Waals surface area (Å²) in [6, 6.07) is 7.97. The Morgan fingerprint density at radius 2 is 1.63 bits per heavy atom. The highest BCUT2D eigenvalue weighted by Crippen LogP contribution is 2.49. The van der Waals surface area contributed by atoms with Crippen LogP contribution in [0, 0.1) is 23.7 Å². The molecule has 1 aromatic carbocycles. The molecular formula is C21H28N2O4. The quantitative estimate of drug-likeness (QED) is 0.879. The number of hydrogen-bond acceptors (Lipinski definition) is 4. The van der Waals surface area contributed by atoms with Gasteiger partial charge in [0.15, 0.2) is 0 Å². The fourth-order valence-corrected chi connectivity index (χ4v) is 5.36. The zero-order valence-corrected chi connectivity index (χ0v) is 15.8. The van der Waals surface area contributed by atoms with Crippen molar-refractivity contribution in [3.8, 4) is 5.75 Å². The Labute approximate surface area is 160 Å². The molecule has 0 spiro atoms. The third kappa shape index (κ3) is 3.37. The molecule has 1 heterocycles. The summed E-state index contributed by atoms with van der Waals surface area (Å²) in [5, 5.41) is 9.73. The van der Waals surface area contributed by atoms with Gasteiger partial charge in [-0.1, -0.05) is 6.07 Å². The van der Waals surface area contributed by atoms with E-state index in [1.165, 1.54) is 0 Å². The third-order valence-electron chi connectivity index (χ3n) is 6.80. The lowest BCUT2D eigenvalue weighted by Gasteiger charge is -2.48. The van der Waals surface area contributed by atoms with Crippen molar-refractivity contribution in [2.45, 2.75) is 25.7 Å². The number of carboxylic acids is 1. The standard InChI is InChI=1S/C21H28N2O4/c1-27-17-4-2-3-16(13-17)22-9-11-23(12-10-22)20(24)18-14-5-7-15(8-6-14)19(18)21(25)26/h2-4,13-15,18-19H,5-12H2,1H3,(H,25,26)/t14?,15?,18-,19-/m1/s1. The maximum absolute atomic E-state index is 13.2. The van der Waals surface area contributed by atoms with Crippen molar-refractivity contribution in [3.63, 3.8) is 0 Å². The van der Waals surface area contributed by atoms with E-state index in [1.54, 1.807) is 7.11 Å². The van der Waals surface area contributed by atoms with Crippen molar-refractivity contribution >= 4 is 17.6 Å². The molecule has 27 heavy (non-hydrogen) atoms. The zero-order valence-electron chi connectivity index (χ0n) is 15.8. The number of anilines is 1. The minimum Gasteiger partial charge on any atom is -0.497 e. The van der Waals surface area contributed by atoms with E-state index in [0.29, 0.717) is 13.1 Å². The molecule has 0 unspecified atom stereocenters. The molecule has 146 valence electrons. The molecule has 2 bridgehead atoms. The number of methoxy groups -OCH3 is 1. The summed E-state index contributed by atoms with van der Waals surface area (Å²) in [6.45, 7) is 2.82. The molecule has 3 aliphatic carbocycles. The number of carbonyl (C=O) groups is 2. The van der Waals surface area contributed by atoms with Crippen LogP contribution >= 0.6 is 0 Å². The van der Waals surface area contributed by atoms with Crippen LogP contribution in [0.1, 0.15) is 25.7 Å². The van der Waals surface area contributed by atoms with Crippen LogP contribution in [-0.2, 0) is 9.59 Å². The summed E-state index contributed by atoms with van der Waals surface area (Å²) in [6.07, 6.45) is 3.95. The Morgan fingerprint density at radius 3 is 2.22 bits per heavy atom. The van der Waals surface area contributed by atoms with Gasteiger partial charge in [0.1, 0.15) is 5.75 Å². The summed E-state index contributed by atoms with van der Waals surface area (Å²) in [4.78, 5) is 29.2. The van der Waals surface area contributed by atoms with Crippen LogP contribution in [0.4, 0.5) is 5.69 Å². The van der Waals surface area contributed by atoms with Crippen LogP contribution in [0.5, 0.6) is 5.75 Å². The highest BCUT2D eigenvalue weighted by atomic mass is 16.5. The molecule has 4 aliphatic rings. The van der Waals surface area contributed by atoms with Crippen LogP contribution in [0.25, 0.3) is 0 Å². The molecule has 1 aromatic rings. The van der Waals surface area contributed by atoms with Gasteiger partial charge in [-0.25, -0.2) is 0 Å². The third-order valence-corrected chi connectivity index (χ3v) is 6.80. The Kier molecular flexibility index (Phi) is 4.98. The number of amides is 1. The maximum Gasteiger partial charge on any atom is 0.307 e. The van der Waals surface area contributed by atoms with Gasteiger partial charge in [-0.15, -0.1) is 0 Å². The van der Waals surface area contributed by atoms with Gasteiger partial charge in [-0.2, -0.15) is 0 Å². The summed E-state index contributed by atoms with van der Waals surface area (Å²) in [5.41, 5.74) is 1.10. The number of nitrogens with zero attached hydrogens (tertiary/aromatic N) is 2. The average molecular weight is 372 g/mol. The number of piperazine rings is 1. The number of hydrogen-bond donors (Lipinski definition) is 1. The molecule has 1 aliphatic heterocycles. The van der Waals surface area contributed by atoms with E-state index in [4.69, 9.17) is 4.74 Å². The first-order valence-electron chi connectivity index (χ1n) is 9.99. The molecule has 6 heteroatoms. The summed E-state index contributed by atoms with van der Waals surface area (Å²) in [7, 11) is 1.66. The Balaban J connectivity index is 1.43. The van der Waals surface area contributed by atoms with Crippen molar-refractivity contribution in [1.29, 1.82) is 0 Å². The lowest BCUT2D eigenvalue weighted by Crippen LogP contribution is -2.56. The SMILES string of the molecule is COc1cccc(N2CCN(C(=O)[C@@H]3C4CCC(CC4)[C@H]3C(=O)O)CC2)c1. The molecular weight excluding hydrogens is 344 g/mol. The summed E-state index contributed by atoms with van der Waals surface area (Å²) in [5.74, 6) is -0.257. The molecule has 1 N–H and O–H groups in total. The van der Waals surface area contributed by atoms with E-state index in [2.05, 4.69) is 11.0 Å². The van der Waals surface area contributed by atoms with Gasteiger partial charge >= 0.3 is 5.97 Å². The predicted octanol–water partition coefficient (Wildman–Crippen LogP) is 2.48. The first-order chi connectivity index (χ1) is 13.1. The Hall–Kier alpha value is -2.24. The van der Waals surface area contributed by atoms with Crippen molar-refractivity contribution in [2.75, 3.05) is 38.2 Å². The number of benzene rings is 1. The van der Waals surface area contributed by atoms with Gasteiger partial charge < -0.3 is 19.6 Å². The van der Waals surface area contributed by atoms with Gasteiger partial charge in [0.2, 0.25) is 5.91 Å². The number of aliphatic carboxylic acids is 1. The van der Waals surface area contributed by atoms with Crippen LogP contribution in [0.2, 0.25) is 0 Å². The monoisotopic (exact) mass is 372 g/mol. The average Bonchev–Trinajstić information content (AvgIpc) is 2.73. The first kappa shape index (κ1) is 18.1. The fourth-order valence-electron chi connectivity index (χ4n) is 5.36. The van der Waals surface area contributed by atoms with E-state index in [0.717, 1.165) is 50.2 Å². The summed E-state index contributed by atoms with van der Waals surface area (Å²) < 4.78 is 5.30. The number of carboxylic acid groups (broad SMARTS) is 1. The predicted molar refractivity (Wildman–Crippen MR) is 102 cm³/mol. The summed E-state index contributed by atoms with van der Waals surface area (Å²) >= 11 is 0. The van der Waals surface area contributed by atoms with Crippen molar-refractivity contribution in [1.82, 2.24) is 4.90 Å². The van der Waals surface area contributed by atoms with Gasteiger partial charge in [0.05, 0.1) is 18.9 Å². The molecule has 3 saturated carbocycles. The molecule has 5 rings (SSSR count). The topological polar surface area (TPSA) is 70.1 Å². The van der Waals surface area contributed by atoms with Crippen LogP contribution < -0.4 is 9.64 Å². The van der Waals surface area contributed by atoms with E-state index in [1.807, 2.05) is 23.1 Å². The Morgan fingerprint density at radius 1 is 1.00 bits per heavy atom. The molecule has 4 fully saturated rings. The zero-order chi connectivity index (χ0) is 19.0. The van der Waals surface area contributed by atoms with Crippen molar-refractivity contribution in [2.24, 2.45) is 23.7 Å². The number of carbonyl (C=O) groups excluding carboxylic acids is 1. The minimum absolute atomic E-state index is 0.0714. The molecule has 0 aromatic heterocycles. The second-order valence-electron chi connectivity index (χ2n) is 8.08. The lowest BCUT2D eigenvalue weighted by molar-refractivity contribution is -0.162. The van der Waals surface area contributed by atoms with Crippen molar-refractivity contribution in [3.05, 3.63) is 24.3 Å². The number of fused-ring (bicyclic) bond motifs is 3. The number of rotatable bonds is 4. The van der Waals surface area contributed by atoms with Gasteiger partial charge in [-0.05, 0) is 49.7 Å². The van der Waals surface area contributed by atoms with Gasteiger partial charge in [0, 0.05) is 37.9 Å². The maximum atomic E-state index is 13.2. The minimum atomic E-state index is -0.780. The van der Waals surface area contributed by atoms with E-state index in [9.17, 15) is 14.7 Å².